The van der Waals surface area contributed by atoms with E-state index in [0.29, 0.717) is 44.3 Å². The van der Waals surface area contributed by atoms with Gasteiger partial charge in [-0.1, -0.05) is 41.9 Å². The molecule has 0 unspecified atom stereocenters. The Morgan fingerprint density at radius 3 is 2.62 bits per heavy atom. The standard InChI is InChI=1S/C27H32ClN5O4/c1-27(2,3)37-26(35)33-14-13-31(17-21(33)9-11-29)24-22-10-12-32(16-20(22)15-23(28)30-24)25(34)36-18-19-7-5-4-6-8-19/h4-8,15,21H,9-10,12-14,16-18H2,1-3H3/t21-/m0/s1. The van der Waals surface area contributed by atoms with Crippen LogP contribution in [0.1, 0.15) is 43.9 Å². The molecule has 1 atom stereocenters. The van der Waals surface area contributed by atoms with Crippen LogP contribution in [-0.2, 0) is 29.0 Å². The van der Waals surface area contributed by atoms with E-state index in [1.165, 1.54) is 0 Å². The molecular weight excluding hydrogens is 494 g/mol. The van der Waals surface area contributed by atoms with Crippen LogP contribution in [0.25, 0.3) is 0 Å². The molecule has 1 aromatic heterocycles. The SMILES string of the molecule is CC(C)(C)OC(=O)N1CCN(c2nc(Cl)cc3c2CCN(C(=O)OCc2ccccc2)C3)C[C@@H]1CC#N. The summed E-state index contributed by atoms with van der Waals surface area (Å²) in [6.07, 6.45) is -0.00790. The molecule has 4 rings (SSSR count). The van der Waals surface area contributed by atoms with Gasteiger partial charge in [0, 0.05) is 38.3 Å². The summed E-state index contributed by atoms with van der Waals surface area (Å²) in [5.74, 6) is 0.742. The van der Waals surface area contributed by atoms with Crippen LogP contribution >= 0.6 is 11.6 Å². The maximum Gasteiger partial charge on any atom is 0.410 e. The number of carbonyl (C=O) groups excluding carboxylic acids is 2. The first-order valence-corrected chi connectivity index (χ1v) is 12.8. The lowest BCUT2D eigenvalue weighted by Gasteiger charge is -2.42. The van der Waals surface area contributed by atoms with Gasteiger partial charge < -0.3 is 24.2 Å². The minimum Gasteiger partial charge on any atom is -0.445 e. The molecule has 2 aliphatic rings. The first-order chi connectivity index (χ1) is 17.6. The van der Waals surface area contributed by atoms with E-state index < -0.39 is 11.7 Å². The second kappa shape index (κ2) is 11.3. The third-order valence-electron chi connectivity index (χ3n) is 6.36. The van der Waals surface area contributed by atoms with Crippen molar-refractivity contribution in [1.82, 2.24) is 14.8 Å². The van der Waals surface area contributed by atoms with Gasteiger partial charge in [-0.15, -0.1) is 0 Å². The van der Waals surface area contributed by atoms with Gasteiger partial charge in [0.1, 0.15) is 23.2 Å². The molecule has 3 heterocycles. The predicted molar refractivity (Wildman–Crippen MR) is 139 cm³/mol. The molecular formula is C27H32ClN5O4. The largest absolute Gasteiger partial charge is 0.445 e. The highest BCUT2D eigenvalue weighted by Gasteiger charge is 2.35. The van der Waals surface area contributed by atoms with E-state index in [2.05, 4.69) is 16.0 Å². The Hall–Kier alpha value is -3.51. The summed E-state index contributed by atoms with van der Waals surface area (Å²) in [6.45, 7) is 7.93. The normalized spacial score (nSPS) is 17.6. The topological polar surface area (TPSA) is 99.0 Å². The van der Waals surface area contributed by atoms with Gasteiger partial charge in [0.05, 0.1) is 18.5 Å². The van der Waals surface area contributed by atoms with Crippen molar-refractivity contribution in [3.63, 3.8) is 0 Å². The quantitative estimate of drug-likeness (QED) is 0.530. The second-order valence-electron chi connectivity index (χ2n) is 10.3. The number of benzene rings is 1. The number of pyridine rings is 1. The molecule has 0 bridgehead atoms. The van der Waals surface area contributed by atoms with Gasteiger partial charge in [-0.05, 0) is 44.4 Å². The van der Waals surface area contributed by atoms with E-state index in [-0.39, 0.29) is 25.2 Å². The van der Waals surface area contributed by atoms with E-state index in [9.17, 15) is 14.9 Å². The molecule has 37 heavy (non-hydrogen) atoms. The van der Waals surface area contributed by atoms with E-state index in [0.717, 1.165) is 22.5 Å². The van der Waals surface area contributed by atoms with E-state index >= 15 is 0 Å². The summed E-state index contributed by atoms with van der Waals surface area (Å²) in [5.41, 5.74) is 2.26. The zero-order valence-electron chi connectivity index (χ0n) is 21.4. The van der Waals surface area contributed by atoms with Gasteiger partial charge in [-0.3, -0.25) is 0 Å². The fraction of sp³-hybridized carbons (Fsp3) is 0.481. The van der Waals surface area contributed by atoms with Gasteiger partial charge in [0.15, 0.2) is 0 Å². The van der Waals surface area contributed by atoms with Crippen molar-refractivity contribution in [2.45, 2.75) is 58.4 Å². The van der Waals surface area contributed by atoms with Gasteiger partial charge >= 0.3 is 12.2 Å². The molecule has 0 spiro atoms. The van der Waals surface area contributed by atoms with Gasteiger partial charge in [-0.25, -0.2) is 14.6 Å². The van der Waals surface area contributed by atoms with Crippen LogP contribution in [0, 0.1) is 11.3 Å². The number of nitrogens with zero attached hydrogens (tertiary/aromatic N) is 5. The van der Waals surface area contributed by atoms with Crippen LogP contribution < -0.4 is 4.90 Å². The highest BCUT2D eigenvalue weighted by Crippen LogP contribution is 2.32. The number of rotatable bonds is 4. The monoisotopic (exact) mass is 525 g/mol. The van der Waals surface area contributed by atoms with Gasteiger partial charge in [0.25, 0.3) is 0 Å². The average Bonchev–Trinajstić information content (AvgIpc) is 2.86. The summed E-state index contributed by atoms with van der Waals surface area (Å²) in [6, 6.07) is 13.2. The van der Waals surface area contributed by atoms with Crippen molar-refractivity contribution in [3.05, 3.63) is 58.2 Å². The van der Waals surface area contributed by atoms with Crippen molar-refractivity contribution in [2.24, 2.45) is 0 Å². The van der Waals surface area contributed by atoms with Crippen LogP contribution in [-0.4, -0.2) is 64.8 Å². The van der Waals surface area contributed by atoms with Gasteiger partial charge in [-0.2, -0.15) is 5.26 Å². The molecule has 0 radical (unpaired) electrons. The molecule has 196 valence electrons. The number of anilines is 1. The molecule has 2 aliphatic heterocycles. The summed E-state index contributed by atoms with van der Waals surface area (Å²) < 4.78 is 11.1. The number of halogens is 1. The highest BCUT2D eigenvalue weighted by molar-refractivity contribution is 6.29. The number of fused-ring (bicyclic) bond motifs is 1. The third kappa shape index (κ3) is 6.63. The number of carbonyl (C=O) groups is 2. The van der Waals surface area contributed by atoms with Crippen LogP contribution in [0.15, 0.2) is 36.4 Å². The molecule has 1 fully saturated rings. The molecule has 9 nitrogen and oxygen atoms in total. The zero-order valence-corrected chi connectivity index (χ0v) is 22.2. The van der Waals surface area contributed by atoms with Crippen LogP contribution in [0.2, 0.25) is 5.15 Å². The van der Waals surface area contributed by atoms with Crippen LogP contribution in [0.5, 0.6) is 0 Å². The maximum absolute atomic E-state index is 12.8. The smallest absolute Gasteiger partial charge is 0.410 e. The Bertz CT molecular complexity index is 1180. The van der Waals surface area contributed by atoms with Gasteiger partial charge in [0.2, 0.25) is 0 Å². The van der Waals surface area contributed by atoms with Crippen LogP contribution in [0.4, 0.5) is 15.4 Å². The maximum atomic E-state index is 12.8. The third-order valence-corrected chi connectivity index (χ3v) is 6.55. The van der Waals surface area contributed by atoms with Crippen molar-refractivity contribution in [3.8, 4) is 6.07 Å². The lowest BCUT2D eigenvalue weighted by Crippen LogP contribution is -2.56. The molecule has 2 aromatic rings. The van der Waals surface area contributed by atoms with Crippen molar-refractivity contribution < 1.29 is 19.1 Å². The summed E-state index contributed by atoms with van der Waals surface area (Å²) in [5, 5.41) is 9.74. The Kier molecular flexibility index (Phi) is 8.08. The molecule has 0 aliphatic carbocycles. The molecule has 1 aromatic carbocycles. The Balaban J connectivity index is 1.47. The zero-order chi connectivity index (χ0) is 26.6. The number of ether oxygens (including phenoxy) is 2. The fourth-order valence-corrected chi connectivity index (χ4v) is 4.85. The lowest BCUT2D eigenvalue weighted by atomic mass is 9.99. The molecule has 10 heteroatoms. The summed E-state index contributed by atoms with van der Waals surface area (Å²) in [4.78, 5) is 35.5. The predicted octanol–water partition coefficient (Wildman–Crippen LogP) is 4.77. The first-order valence-electron chi connectivity index (χ1n) is 12.4. The average molecular weight is 526 g/mol. The Labute approximate surface area is 222 Å². The molecule has 0 N–H and O–H groups in total. The molecule has 1 saturated heterocycles. The summed E-state index contributed by atoms with van der Waals surface area (Å²) in [7, 11) is 0. The number of aromatic nitrogens is 1. The van der Waals surface area contributed by atoms with Crippen molar-refractivity contribution in [2.75, 3.05) is 31.1 Å². The van der Waals surface area contributed by atoms with E-state index in [1.54, 1.807) is 15.9 Å². The highest BCUT2D eigenvalue weighted by atomic mass is 35.5. The lowest BCUT2D eigenvalue weighted by molar-refractivity contribution is 0.0145. The summed E-state index contributed by atoms with van der Waals surface area (Å²) >= 11 is 6.41. The molecule has 0 saturated carbocycles. The Morgan fingerprint density at radius 1 is 1.16 bits per heavy atom. The minimum atomic E-state index is -0.618. The number of hydrogen-bond acceptors (Lipinski definition) is 7. The fourth-order valence-electron chi connectivity index (χ4n) is 4.64. The second-order valence-corrected chi connectivity index (χ2v) is 10.6. The number of nitriles is 1. The number of piperazine rings is 1. The van der Waals surface area contributed by atoms with E-state index in [1.807, 2.05) is 51.1 Å². The van der Waals surface area contributed by atoms with Crippen molar-refractivity contribution >= 4 is 29.6 Å². The van der Waals surface area contributed by atoms with Crippen LogP contribution in [0.3, 0.4) is 0 Å². The minimum absolute atomic E-state index is 0.180. The molecule has 2 amide bonds. The number of amides is 2. The Morgan fingerprint density at radius 2 is 1.92 bits per heavy atom. The number of hydrogen-bond donors (Lipinski definition) is 0. The van der Waals surface area contributed by atoms with E-state index in [4.69, 9.17) is 21.1 Å². The van der Waals surface area contributed by atoms with Crippen molar-refractivity contribution in [1.29, 1.82) is 5.26 Å². The first kappa shape index (κ1) is 26.6.